The molecule has 6 N–H and O–H groups in total. The van der Waals surface area contributed by atoms with Crippen LogP contribution in [-0.4, -0.2) is 64.1 Å². The van der Waals surface area contributed by atoms with E-state index in [1.165, 1.54) is 31.6 Å². The minimum absolute atomic E-state index is 0.00329. The second kappa shape index (κ2) is 13.2. The van der Waals surface area contributed by atoms with Crippen LogP contribution in [0.5, 0.6) is 5.75 Å². The Hall–Kier alpha value is -4.62. The van der Waals surface area contributed by atoms with Gasteiger partial charge in [-0.25, -0.2) is 14.4 Å². The summed E-state index contributed by atoms with van der Waals surface area (Å²) < 4.78 is 35.6. The number of nitrogens with zero attached hydrogens (tertiary/aromatic N) is 3. The fourth-order valence-corrected chi connectivity index (χ4v) is 4.25. The zero-order chi connectivity index (χ0) is 29.5. The number of nitrogens with one attached hydrogen (secondary N) is 3. The Morgan fingerprint density at radius 3 is 2.63 bits per heavy atom. The number of aliphatic hydroxyl groups is 1. The maximum Gasteiger partial charge on any atom is 0.251 e. The van der Waals surface area contributed by atoms with Gasteiger partial charge in [-0.1, -0.05) is 6.92 Å². The van der Waals surface area contributed by atoms with E-state index in [0.717, 1.165) is 5.56 Å². The summed E-state index contributed by atoms with van der Waals surface area (Å²) in [6.07, 6.45) is 4.27. The first-order chi connectivity index (χ1) is 19.8. The molecule has 2 aromatic heterocycles. The third-order valence-electron chi connectivity index (χ3n) is 6.37. The van der Waals surface area contributed by atoms with Crippen molar-refractivity contribution < 1.29 is 28.2 Å². The maximum atomic E-state index is 14.8. The number of halogens is 2. The monoisotopic (exact) mass is 567 g/mol. The van der Waals surface area contributed by atoms with Crippen LogP contribution in [-0.2, 0) is 11.2 Å². The van der Waals surface area contributed by atoms with Crippen molar-refractivity contribution in [2.45, 2.75) is 25.9 Å². The maximum absolute atomic E-state index is 14.8. The molecule has 0 saturated heterocycles. The number of ether oxygens (including phenoxy) is 1. The number of carbonyl (C=O) groups is 2. The highest BCUT2D eigenvalue weighted by Crippen LogP contribution is 2.31. The largest absolute Gasteiger partial charge is 0.494 e. The number of aromatic nitrogens is 3. The Balaban J connectivity index is 1.50. The summed E-state index contributed by atoms with van der Waals surface area (Å²) in [6.45, 7) is 2.07. The first-order valence-corrected chi connectivity index (χ1v) is 12.9. The van der Waals surface area contributed by atoms with Crippen LogP contribution in [0.25, 0.3) is 16.9 Å². The van der Waals surface area contributed by atoms with Crippen LogP contribution in [0.1, 0.15) is 29.3 Å². The smallest absolute Gasteiger partial charge is 0.251 e. The van der Waals surface area contributed by atoms with Crippen LogP contribution < -0.4 is 26.4 Å². The average molecular weight is 568 g/mol. The number of amides is 2. The molecule has 41 heavy (non-hydrogen) atoms. The second-order valence-corrected chi connectivity index (χ2v) is 9.11. The normalized spacial score (nSPS) is 11.8. The number of nitrogens with two attached hydrogens (primary N) is 1. The molecule has 1 unspecified atom stereocenters. The molecule has 0 spiro atoms. The minimum Gasteiger partial charge on any atom is -0.494 e. The summed E-state index contributed by atoms with van der Waals surface area (Å²) in [5, 5.41) is 18.5. The summed E-state index contributed by atoms with van der Waals surface area (Å²) in [6, 6.07) is 7.91. The second-order valence-electron chi connectivity index (χ2n) is 9.11. The molecule has 0 saturated carbocycles. The number of hydrogen-bond acceptors (Lipinski definition) is 8. The lowest BCUT2D eigenvalue weighted by Gasteiger charge is -2.15. The van der Waals surface area contributed by atoms with E-state index in [1.54, 1.807) is 28.8 Å². The summed E-state index contributed by atoms with van der Waals surface area (Å²) in [7, 11) is 1.26. The van der Waals surface area contributed by atoms with Crippen LogP contribution in [0.4, 0.5) is 20.3 Å². The Morgan fingerprint density at radius 1 is 1.12 bits per heavy atom. The van der Waals surface area contributed by atoms with Gasteiger partial charge in [0.25, 0.3) is 5.91 Å². The molecule has 4 aromatic rings. The third kappa shape index (κ3) is 6.58. The van der Waals surface area contributed by atoms with Crippen molar-refractivity contribution >= 4 is 29.0 Å². The van der Waals surface area contributed by atoms with Crippen molar-refractivity contribution in [1.82, 2.24) is 25.0 Å². The molecule has 0 radical (unpaired) electrons. The minimum atomic E-state index is -1.09. The zero-order valence-electron chi connectivity index (χ0n) is 22.6. The molecule has 216 valence electrons. The van der Waals surface area contributed by atoms with Crippen LogP contribution in [0, 0.1) is 11.6 Å². The number of methoxy groups -OCH3 is 1. The van der Waals surface area contributed by atoms with Crippen molar-refractivity contribution in [2.75, 3.05) is 32.1 Å². The topological polar surface area (TPSA) is 156 Å². The molecule has 2 heterocycles. The summed E-state index contributed by atoms with van der Waals surface area (Å²) in [5.41, 5.74) is 7.85. The zero-order valence-corrected chi connectivity index (χ0v) is 22.6. The number of carbonyl (C=O) groups excluding carboxylic acids is 2. The Kier molecular flexibility index (Phi) is 9.42. The van der Waals surface area contributed by atoms with E-state index in [4.69, 9.17) is 10.5 Å². The van der Waals surface area contributed by atoms with Crippen molar-refractivity contribution in [2.24, 2.45) is 5.73 Å². The van der Waals surface area contributed by atoms with Crippen molar-refractivity contribution in [3.8, 4) is 17.0 Å². The number of aryl methyl sites for hydroxylation is 1. The number of fused-ring (bicyclic) bond motifs is 1. The van der Waals surface area contributed by atoms with E-state index in [0.29, 0.717) is 34.8 Å². The predicted molar refractivity (Wildman–Crippen MR) is 149 cm³/mol. The van der Waals surface area contributed by atoms with Crippen molar-refractivity contribution in [1.29, 1.82) is 0 Å². The number of aliphatic hydroxyl groups excluding tert-OH is 1. The van der Waals surface area contributed by atoms with Crippen LogP contribution in [0.3, 0.4) is 0 Å². The number of rotatable bonds is 12. The first-order valence-electron chi connectivity index (χ1n) is 12.9. The Labute approximate surface area is 234 Å². The van der Waals surface area contributed by atoms with Gasteiger partial charge in [0.15, 0.2) is 23.0 Å². The summed E-state index contributed by atoms with van der Waals surface area (Å²) >= 11 is 0. The fourth-order valence-electron chi connectivity index (χ4n) is 4.25. The van der Waals surface area contributed by atoms with E-state index >= 15 is 0 Å². The van der Waals surface area contributed by atoms with Crippen LogP contribution >= 0.6 is 0 Å². The van der Waals surface area contributed by atoms with Crippen molar-refractivity contribution in [3.63, 3.8) is 0 Å². The molecular weight excluding hydrogens is 536 g/mol. The van der Waals surface area contributed by atoms with E-state index in [-0.39, 0.29) is 49.2 Å². The third-order valence-corrected chi connectivity index (χ3v) is 6.37. The lowest BCUT2D eigenvalue weighted by Crippen LogP contribution is -2.40. The molecule has 11 nitrogen and oxygen atoms in total. The van der Waals surface area contributed by atoms with Gasteiger partial charge in [-0.2, -0.15) is 4.39 Å². The van der Waals surface area contributed by atoms with Gasteiger partial charge in [-0.15, -0.1) is 0 Å². The standard InChI is InChI=1S/C28H31F2N7O4/c1-3-16-12-17(4-5-19(16)28(40)35-14-18(38)13-33-23(39)8-9-31)36-26-27-34-15-21(37(27)11-10-32-26)20-6-7-22(41-2)25(30)24(20)29/h4-7,10-12,15,18,38H,3,8-9,13-14,31H2,1-2H3,(H,32,36)(H,33,39)(H,35,40). The molecular formula is C28H31F2N7O4. The quantitative estimate of drug-likeness (QED) is 0.175. The molecule has 4 rings (SSSR count). The lowest BCUT2D eigenvalue weighted by atomic mass is 10.0. The Morgan fingerprint density at radius 2 is 1.90 bits per heavy atom. The van der Waals surface area contributed by atoms with E-state index in [2.05, 4.69) is 25.9 Å². The number of hydrogen-bond donors (Lipinski definition) is 5. The van der Waals surface area contributed by atoms with E-state index in [1.807, 2.05) is 6.92 Å². The molecule has 0 aliphatic heterocycles. The molecule has 2 amide bonds. The highest BCUT2D eigenvalue weighted by molar-refractivity contribution is 5.96. The molecule has 13 heteroatoms. The fraction of sp³-hybridized carbons (Fsp3) is 0.286. The van der Waals surface area contributed by atoms with Gasteiger partial charge in [0.1, 0.15) is 0 Å². The lowest BCUT2D eigenvalue weighted by molar-refractivity contribution is -0.121. The van der Waals surface area contributed by atoms with Crippen LogP contribution in [0.2, 0.25) is 0 Å². The van der Waals surface area contributed by atoms with Gasteiger partial charge in [-0.05, 0) is 42.3 Å². The van der Waals surface area contributed by atoms with Crippen LogP contribution in [0.15, 0.2) is 48.9 Å². The molecule has 0 bridgehead atoms. The summed E-state index contributed by atoms with van der Waals surface area (Å²) in [5.74, 6) is -2.61. The summed E-state index contributed by atoms with van der Waals surface area (Å²) in [4.78, 5) is 33.0. The SMILES string of the molecule is CCc1cc(Nc2nccn3c(-c4ccc(OC)c(F)c4F)cnc23)ccc1C(=O)NCC(O)CNC(=O)CCN. The molecule has 0 aliphatic carbocycles. The average Bonchev–Trinajstić information content (AvgIpc) is 3.41. The van der Waals surface area contributed by atoms with Gasteiger partial charge in [0.05, 0.1) is 25.1 Å². The van der Waals surface area contributed by atoms with Crippen molar-refractivity contribution in [3.05, 3.63) is 71.7 Å². The molecule has 0 aliphatic rings. The number of anilines is 2. The van der Waals surface area contributed by atoms with Gasteiger partial charge in [0, 0.05) is 55.3 Å². The first kappa shape index (κ1) is 29.4. The van der Waals surface area contributed by atoms with E-state index in [9.17, 15) is 23.5 Å². The highest BCUT2D eigenvalue weighted by atomic mass is 19.2. The highest BCUT2D eigenvalue weighted by Gasteiger charge is 2.20. The number of benzene rings is 2. The van der Waals surface area contributed by atoms with Gasteiger partial charge in [-0.3, -0.25) is 14.0 Å². The molecule has 0 fully saturated rings. The van der Waals surface area contributed by atoms with E-state index < -0.39 is 17.7 Å². The molecule has 1 atom stereocenters. The predicted octanol–water partition coefficient (Wildman–Crippen LogP) is 2.54. The number of imidazole rings is 1. The van der Waals surface area contributed by atoms with Gasteiger partial charge >= 0.3 is 0 Å². The van der Waals surface area contributed by atoms with Gasteiger partial charge in [0.2, 0.25) is 11.7 Å². The molecule has 2 aromatic carbocycles. The van der Waals surface area contributed by atoms with Gasteiger partial charge < -0.3 is 31.5 Å². The Bertz CT molecular complexity index is 1560.